The van der Waals surface area contributed by atoms with Crippen LogP contribution in [0.2, 0.25) is 0 Å². The van der Waals surface area contributed by atoms with E-state index in [1.54, 1.807) is 49.1 Å². The number of carbonyl (C=O) groups excluding carboxylic acids is 1. The third kappa shape index (κ3) is 2.91. The molecule has 0 spiro atoms. The molecular formula is C21H17N3O3. The lowest BCUT2D eigenvalue weighted by molar-refractivity contribution is 0.102. The Morgan fingerprint density at radius 3 is 2.56 bits per heavy atom. The van der Waals surface area contributed by atoms with Crippen LogP contribution in [0.15, 0.2) is 70.0 Å². The largest absolute Gasteiger partial charge is 0.455 e. The van der Waals surface area contributed by atoms with E-state index in [1.165, 1.54) is 0 Å². The highest BCUT2D eigenvalue weighted by molar-refractivity contribution is 6.11. The number of para-hydroxylation sites is 1. The number of nitrogens with zero attached hydrogens (tertiary/aromatic N) is 2. The molecule has 0 bridgehead atoms. The molecule has 4 rings (SSSR count). The first-order chi connectivity index (χ1) is 13.1. The van der Waals surface area contributed by atoms with Gasteiger partial charge in [0.1, 0.15) is 11.6 Å². The van der Waals surface area contributed by atoms with Crippen LogP contribution in [0, 0.1) is 6.92 Å². The summed E-state index contributed by atoms with van der Waals surface area (Å²) in [6.07, 6.45) is 1.59. The molecule has 2 heterocycles. The highest BCUT2D eigenvalue weighted by Gasteiger charge is 2.19. The minimum absolute atomic E-state index is 0.148. The van der Waals surface area contributed by atoms with E-state index in [0.717, 1.165) is 5.56 Å². The number of anilines is 1. The van der Waals surface area contributed by atoms with Gasteiger partial charge in [-0.1, -0.05) is 36.4 Å². The van der Waals surface area contributed by atoms with Crippen LogP contribution in [0.1, 0.15) is 15.9 Å². The summed E-state index contributed by atoms with van der Waals surface area (Å²) in [5.41, 5.74) is 1.72. The first kappa shape index (κ1) is 16.8. The van der Waals surface area contributed by atoms with Crippen molar-refractivity contribution in [3.8, 4) is 11.3 Å². The van der Waals surface area contributed by atoms with Crippen LogP contribution in [-0.4, -0.2) is 15.7 Å². The molecule has 0 radical (unpaired) electrons. The molecule has 4 aromatic rings. The Kier molecular flexibility index (Phi) is 4.08. The zero-order valence-corrected chi connectivity index (χ0v) is 14.9. The molecule has 0 fully saturated rings. The van der Waals surface area contributed by atoms with E-state index in [0.29, 0.717) is 28.1 Å². The van der Waals surface area contributed by atoms with Crippen LogP contribution >= 0.6 is 0 Å². The average molecular weight is 359 g/mol. The number of carbonyl (C=O) groups is 1. The molecular weight excluding hydrogens is 342 g/mol. The maximum atomic E-state index is 12.9. The molecule has 0 aliphatic carbocycles. The van der Waals surface area contributed by atoms with Gasteiger partial charge >= 0.3 is 0 Å². The second-order valence-electron chi connectivity index (χ2n) is 6.23. The predicted molar refractivity (Wildman–Crippen MR) is 104 cm³/mol. The molecule has 0 unspecified atom stereocenters. The summed E-state index contributed by atoms with van der Waals surface area (Å²) >= 11 is 0. The third-order valence-corrected chi connectivity index (χ3v) is 4.49. The minimum Gasteiger partial charge on any atom is -0.455 e. The third-order valence-electron chi connectivity index (χ3n) is 4.49. The van der Waals surface area contributed by atoms with Gasteiger partial charge in [-0.15, -0.1) is 0 Å². The number of fused-ring (bicyclic) bond motifs is 1. The standard InChI is InChI=1S/C21H17N3O3/c1-13-18(25)15-9-6-10-16(21(26)23-17-11-12-22-24(17)2)20(15)27-19(13)14-7-4-3-5-8-14/h3-12H,1-2H3,(H,23,26). The van der Waals surface area contributed by atoms with Crippen molar-refractivity contribution < 1.29 is 9.21 Å². The molecule has 0 aliphatic heterocycles. The Bertz CT molecular complexity index is 1210. The van der Waals surface area contributed by atoms with Gasteiger partial charge in [-0.25, -0.2) is 0 Å². The lowest BCUT2D eigenvalue weighted by atomic mass is 10.0. The van der Waals surface area contributed by atoms with Gasteiger partial charge < -0.3 is 9.73 Å². The molecule has 2 aromatic carbocycles. The van der Waals surface area contributed by atoms with Gasteiger partial charge in [-0.2, -0.15) is 5.10 Å². The van der Waals surface area contributed by atoms with Crippen LogP contribution in [0.25, 0.3) is 22.3 Å². The number of hydrogen-bond acceptors (Lipinski definition) is 4. The van der Waals surface area contributed by atoms with Crippen molar-refractivity contribution >= 4 is 22.7 Å². The molecule has 1 amide bonds. The number of aromatic nitrogens is 2. The number of aryl methyl sites for hydroxylation is 1. The van der Waals surface area contributed by atoms with Gasteiger partial charge in [-0.05, 0) is 19.1 Å². The zero-order valence-electron chi connectivity index (χ0n) is 14.9. The highest BCUT2D eigenvalue weighted by Crippen LogP contribution is 2.27. The van der Waals surface area contributed by atoms with E-state index >= 15 is 0 Å². The molecule has 6 heteroatoms. The van der Waals surface area contributed by atoms with E-state index in [4.69, 9.17) is 4.42 Å². The predicted octanol–water partition coefficient (Wildman–Crippen LogP) is 3.75. The zero-order chi connectivity index (χ0) is 19.0. The van der Waals surface area contributed by atoms with Gasteiger partial charge in [-0.3, -0.25) is 14.3 Å². The van der Waals surface area contributed by atoms with Crippen molar-refractivity contribution in [1.82, 2.24) is 9.78 Å². The molecule has 6 nitrogen and oxygen atoms in total. The Hall–Kier alpha value is -3.67. The molecule has 0 atom stereocenters. The number of amides is 1. The van der Waals surface area contributed by atoms with Gasteiger partial charge in [0.2, 0.25) is 0 Å². The maximum Gasteiger partial charge on any atom is 0.260 e. The number of hydrogen-bond donors (Lipinski definition) is 1. The van der Waals surface area contributed by atoms with Crippen molar-refractivity contribution in [3.05, 3.63) is 82.1 Å². The summed E-state index contributed by atoms with van der Waals surface area (Å²) in [6.45, 7) is 1.73. The second kappa shape index (κ2) is 6.57. The summed E-state index contributed by atoms with van der Waals surface area (Å²) < 4.78 is 7.63. The molecule has 134 valence electrons. The summed E-state index contributed by atoms with van der Waals surface area (Å²) in [5, 5.41) is 7.20. The van der Waals surface area contributed by atoms with Crippen molar-refractivity contribution in [2.75, 3.05) is 5.32 Å². The highest BCUT2D eigenvalue weighted by atomic mass is 16.3. The van der Waals surface area contributed by atoms with Crippen LogP contribution in [0.4, 0.5) is 5.82 Å². The van der Waals surface area contributed by atoms with Crippen molar-refractivity contribution in [2.45, 2.75) is 6.92 Å². The molecule has 0 saturated heterocycles. The van der Waals surface area contributed by atoms with Gasteiger partial charge in [0.05, 0.1) is 17.1 Å². The first-order valence-corrected chi connectivity index (χ1v) is 8.47. The van der Waals surface area contributed by atoms with Crippen LogP contribution < -0.4 is 10.7 Å². The summed E-state index contributed by atoms with van der Waals surface area (Å²) in [7, 11) is 1.73. The van der Waals surface area contributed by atoms with Crippen LogP contribution in [0.5, 0.6) is 0 Å². The Labute approximate surface area is 155 Å². The fourth-order valence-electron chi connectivity index (χ4n) is 3.03. The average Bonchev–Trinajstić information content (AvgIpc) is 3.09. The van der Waals surface area contributed by atoms with E-state index < -0.39 is 0 Å². The van der Waals surface area contributed by atoms with Crippen LogP contribution in [-0.2, 0) is 7.05 Å². The molecule has 0 saturated carbocycles. The van der Waals surface area contributed by atoms with Gasteiger partial charge in [0, 0.05) is 24.2 Å². The van der Waals surface area contributed by atoms with Gasteiger partial charge in [0.15, 0.2) is 11.0 Å². The molecule has 2 aromatic heterocycles. The van der Waals surface area contributed by atoms with E-state index in [-0.39, 0.29) is 16.9 Å². The van der Waals surface area contributed by atoms with Crippen LogP contribution in [0.3, 0.4) is 0 Å². The second-order valence-corrected chi connectivity index (χ2v) is 6.23. The van der Waals surface area contributed by atoms with Gasteiger partial charge in [0.25, 0.3) is 5.91 Å². The topological polar surface area (TPSA) is 77.1 Å². The molecule has 1 N–H and O–H groups in total. The molecule has 0 aliphatic rings. The molecule has 27 heavy (non-hydrogen) atoms. The number of nitrogens with one attached hydrogen (secondary N) is 1. The SMILES string of the molecule is Cc1c(-c2ccccc2)oc2c(C(=O)Nc3ccnn3C)cccc2c1=O. The fraction of sp³-hybridized carbons (Fsp3) is 0.0952. The maximum absolute atomic E-state index is 12.9. The lowest BCUT2D eigenvalue weighted by Crippen LogP contribution is -2.16. The fourth-order valence-corrected chi connectivity index (χ4v) is 3.03. The number of benzene rings is 2. The normalized spacial score (nSPS) is 10.9. The van der Waals surface area contributed by atoms with Crippen molar-refractivity contribution in [2.24, 2.45) is 7.05 Å². The minimum atomic E-state index is -0.366. The Morgan fingerprint density at radius 2 is 1.85 bits per heavy atom. The van der Waals surface area contributed by atoms with E-state index in [2.05, 4.69) is 10.4 Å². The van der Waals surface area contributed by atoms with E-state index in [9.17, 15) is 9.59 Å². The Morgan fingerprint density at radius 1 is 1.07 bits per heavy atom. The number of rotatable bonds is 3. The Balaban J connectivity index is 1.90. The van der Waals surface area contributed by atoms with Crippen molar-refractivity contribution in [3.63, 3.8) is 0 Å². The first-order valence-electron chi connectivity index (χ1n) is 8.47. The lowest BCUT2D eigenvalue weighted by Gasteiger charge is -2.11. The van der Waals surface area contributed by atoms with E-state index in [1.807, 2.05) is 30.3 Å². The monoisotopic (exact) mass is 359 g/mol. The summed E-state index contributed by atoms with van der Waals surface area (Å²) in [4.78, 5) is 25.7. The quantitative estimate of drug-likeness (QED) is 0.604. The summed E-state index contributed by atoms with van der Waals surface area (Å²) in [5.74, 6) is 0.652. The van der Waals surface area contributed by atoms with Crippen molar-refractivity contribution in [1.29, 1.82) is 0 Å². The smallest absolute Gasteiger partial charge is 0.260 e. The summed E-state index contributed by atoms with van der Waals surface area (Å²) in [6, 6.07) is 16.1.